The number of hydrogen-bond acceptors (Lipinski definition) is 8. The largest absolute Gasteiger partial charge is 0.419 e. The van der Waals surface area contributed by atoms with E-state index in [1.807, 2.05) is 4.90 Å². The normalized spacial score (nSPS) is 19.1. The summed E-state index contributed by atoms with van der Waals surface area (Å²) in [5.41, 5.74) is -1.16. The molecule has 1 amide bonds. The molecule has 13 heteroatoms. The molecular weight excluding hydrogens is 455 g/mol. The number of rotatable bonds is 4. The molecule has 0 bridgehead atoms. The van der Waals surface area contributed by atoms with E-state index in [4.69, 9.17) is 11.2 Å². The summed E-state index contributed by atoms with van der Waals surface area (Å²) < 4.78 is 43.8. The first-order chi connectivity index (χ1) is 16.2. The van der Waals surface area contributed by atoms with Crippen LogP contribution in [0.3, 0.4) is 0 Å². The molecule has 2 fully saturated rings. The zero-order valence-electron chi connectivity index (χ0n) is 18.1. The van der Waals surface area contributed by atoms with E-state index in [2.05, 4.69) is 26.1 Å². The molecule has 4 heterocycles. The summed E-state index contributed by atoms with van der Waals surface area (Å²) in [4.78, 5) is 37.4. The van der Waals surface area contributed by atoms with Crippen LogP contribution in [-0.4, -0.2) is 83.0 Å². The maximum atomic E-state index is 12.8. The SMILES string of the molecule is C#Cc1cc(N2CCOC(CC(=O)N3CCN(c4ncc(C(F)(F)F)cn4)CC3)C2)n[nH]c1=O. The molecular formula is C21H22F3N7O3. The quantitative estimate of drug-likeness (QED) is 0.635. The number of halogens is 3. The van der Waals surface area contributed by atoms with E-state index >= 15 is 0 Å². The van der Waals surface area contributed by atoms with E-state index in [0.717, 1.165) is 12.4 Å². The number of ether oxygens (including phenoxy) is 1. The Morgan fingerprint density at radius 2 is 1.88 bits per heavy atom. The zero-order chi connectivity index (χ0) is 24.3. The Hall–Kier alpha value is -3.66. The second-order valence-electron chi connectivity index (χ2n) is 7.89. The van der Waals surface area contributed by atoms with E-state index in [1.165, 1.54) is 6.07 Å². The van der Waals surface area contributed by atoms with Gasteiger partial charge >= 0.3 is 6.18 Å². The number of terminal acetylenes is 1. The Morgan fingerprint density at radius 3 is 2.53 bits per heavy atom. The summed E-state index contributed by atoms with van der Waals surface area (Å²) in [6, 6.07) is 1.53. The van der Waals surface area contributed by atoms with Crippen molar-refractivity contribution in [2.24, 2.45) is 0 Å². The molecule has 0 aliphatic carbocycles. The molecule has 0 aromatic carbocycles. The van der Waals surface area contributed by atoms with Crippen molar-refractivity contribution in [3.63, 3.8) is 0 Å². The number of nitrogens with zero attached hydrogens (tertiary/aromatic N) is 6. The van der Waals surface area contributed by atoms with Crippen LogP contribution >= 0.6 is 0 Å². The van der Waals surface area contributed by atoms with Gasteiger partial charge in [-0.1, -0.05) is 5.92 Å². The first-order valence-corrected chi connectivity index (χ1v) is 10.6. The van der Waals surface area contributed by atoms with Crippen molar-refractivity contribution in [3.05, 3.63) is 39.9 Å². The van der Waals surface area contributed by atoms with Gasteiger partial charge in [-0.15, -0.1) is 6.42 Å². The Kier molecular flexibility index (Phi) is 6.69. The lowest BCUT2D eigenvalue weighted by molar-refractivity contribution is -0.138. The van der Waals surface area contributed by atoms with Crippen LogP contribution in [-0.2, 0) is 15.7 Å². The van der Waals surface area contributed by atoms with Gasteiger partial charge in [0.25, 0.3) is 5.56 Å². The first kappa shape index (κ1) is 23.5. The molecule has 4 rings (SSSR count). The van der Waals surface area contributed by atoms with E-state index in [1.54, 1.807) is 9.80 Å². The number of nitrogens with one attached hydrogen (secondary N) is 1. The molecule has 0 saturated carbocycles. The van der Waals surface area contributed by atoms with Crippen LogP contribution < -0.4 is 15.4 Å². The number of carbonyl (C=O) groups excluding carboxylic acids is 1. The monoisotopic (exact) mass is 477 g/mol. The third-order valence-corrected chi connectivity index (χ3v) is 5.69. The lowest BCUT2D eigenvalue weighted by atomic mass is 10.1. The highest BCUT2D eigenvalue weighted by Crippen LogP contribution is 2.28. The number of carbonyl (C=O) groups is 1. The third kappa shape index (κ3) is 5.28. The average molecular weight is 477 g/mol. The van der Waals surface area contributed by atoms with Gasteiger partial charge in [-0.2, -0.15) is 18.3 Å². The molecule has 2 aliphatic heterocycles. The molecule has 10 nitrogen and oxygen atoms in total. The van der Waals surface area contributed by atoms with Crippen LogP contribution in [0.5, 0.6) is 0 Å². The van der Waals surface area contributed by atoms with Crippen molar-refractivity contribution in [2.45, 2.75) is 18.7 Å². The standard InChI is InChI=1S/C21H22F3N7O3/c1-2-14-9-17(27-28-19(14)33)31-7-8-34-16(13-31)10-18(32)29-3-5-30(6-4-29)20-25-11-15(12-26-20)21(22,23)24/h1,9,11-12,16H,3-8,10,13H2,(H,28,33). The van der Waals surface area contributed by atoms with Crippen LogP contribution in [0, 0.1) is 12.3 Å². The van der Waals surface area contributed by atoms with Gasteiger partial charge in [0.2, 0.25) is 11.9 Å². The van der Waals surface area contributed by atoms with Gasteiger partial charge in [-0.3, -0.25) is 9.59 Å². The lowest BCUT2D eigenvalue weighted by Gasteiger charge is -2.37. The molecule has 1 atom stereocenters. The Bertz CT molecular complexity index is 1120. The van der Waals surface area contributed by atoms with E-state index in [0.29, 0.717) is 51.7 Å². The predicted molar refractivity (Wildman–Crippen MR) is 115 cm³/mol. The van der Waals surface area contributed by atoms with Gasteiger partial charge in [0.1, 0.15) is 0 Å². The number of aromatic amines is 1. The smallest absolute Gasteiger partial charge is 0.374 e. The van der Waals surface area contributed by atoms with Crippen LogP contribution in [0.15, 0.2) is 23.3 Å². The summed E-state index contributed by atoms with van der Waals surface area (Å²) >= 11 is 0. The van der Waals surface area contributed by atoms with Crippen LogP contribution in [0.25, 0.3) is 0 Å². The van der Waals surface area contributed by atoms with Gasteiger partial charge in [-0.05, 0) is 0 Å². The van der Waals surface area contributed by atoms with Gasteiger partial charge in [0, 0.05) is 57.7 Å². The fourth-order valence-electron chi connectivity index (χ4n) is 3.83. The summed E-state index contributed by atoms with van der Waals surface area (Å²) in [5, 5.41) is 6.41. The molecule has 2 saturated heterocycles. The number of amides is 1. The van der Waals surface area contributed by atoms with Gasteiger partial charge in [-0.25, -0.2) is 15.1 Å². The van der Waals surface area contributed by atoms with Gasteiger partial charge in [0.05, 0.1) is 30.3 Å². The highest BCUT2D eigenvalue weighted by atomic mass is 19.4. The van der Waals surface area contributed by atoms with E-state index in [9.17, 15) is 22.8 Å². The van der Waals surface area contributed by atoms with Crippen molar-refractivity contribution < 1.29 is 22.7 Å². The lowest BCUT2D eigenvalue weighted by Crippen LogP contribution is -2.51. The second-order valence-corrected chi connectivity index (χ2v) is 7.89. The van der Waals surface area contributed by atoms with Crippen molar-refractivity contribution >= 4 is 17.7 Å². The highest BCUT2D eigenvalue weighted by molar-refractivity contribution is 5.77. The molecule has 1 N–H and O–H groups in total. The summed E-state index contributed by atoms with van der Waals surface area (Å²) in [5.74, 6) is 2.95. The molecule has 1 unspecified atom stereocenters. The minimum Gasteiger partial charge on any atom is -0.374 e. The molecule has 2 aromatic rings. The minimum absolute atomic E-state index is 0.0846. The molecule has 34 heavy (non-hydrogen) atoms. The van der Waals surface area contributed by atoms with Crippen molar-refractivity contribution in [1.29, 1.82) is 0 Å². The minimum atomic E-state index is -4.49. The van der Waals surface area contributed by atoms with E-state index in [-0.39, 0.29) is 29.9 Å². The Balaban J connectivity index is 1.30. The highest BCUT2D eigenvalue weighted by Gasteiger charge is 2.32. The van der Waals surface area contributed by atoms with Crippen molar-refractivity contribution in [2.75, 3.05) is 55.7 Å². The number of hydrogen-bond donors (Lipinski definition) is 1. The third-order valence-electron chi connectivity index (χ3n) is 5.69. The molecule has 0 spiro atoms. The number of morpholine rings is 1. The average Bonchev–Trinajstić information content (AvgIpc) is 2.84. The number of aromatic nitrogens is 4. The molecule has 2 aromatic heterocycles. The molecule has 0 radical (unpaired) electrons. The van der Waals surface area contributed by atoms with Gasteiger partial charge in [0.15, 0.2) is 5.82 Å². The Labute approximate surface area is 192 Å². The summed E-state index contributed by atoms with van der Waals surface area (Å²) in [7, 11) is 0. The predicted octanol–water partition coefficient (Wildman–Crippen LogP) is 0.504. The Morgan fingerprint density at radius 1 is 1.18 bits per heavy atom. The number of anilines is 2. The summed E-state index contributed by atoms with van der Waals surface area (Å²) in [6.45, 7) is 2.95. The van der Waals surface area contributed by atoms with Crippen molar-refractivity contribution in [1.82, 2.24) is 25.1 Å². The molecule has 2 aliphatic rings. The second kappa shape index (κ2) is 9.68. The topological polar surface area (TPSA) is 108 Å². The maximum absolute atomic E-state index is 12.8. The van der Waals surface area contributed by atoms with Crippen molar-refractivity contribution in [3.8, 4) is 12.3 Å². The van der Waals surface area contributed by atoms with Gasteiger partial charge < -0.3 is 19.4 Å². The van der Waals surface area contributed by atoms with E-state index < -0.39 is 17.3 Å². The molecule has 180 valence electrons. The first-order valence-electron chi connectivity index (χ1n) is 10.6. The van der Waals surface area contributed by atoms with Crippen LogP contribution in [0.2, 0.25) is 0 Å². The number of alkyl halides is 3. The summed E-state index contributed by atoms with van der Waals surface area (Å²) in [6.07, 6.45) is 2.18. The van der Waals surface area contributed by atoms with Crippen LogP contribution in [0.4, 0.5) is 24.9 Å². The maximum Gasteiger partial charge on any atom is 0.419 e. The fourth-order valence-corrected chi connectivity index (χ4v) is 3.83. The fraction of sp³-hybridized carbons (Fsp3) is 0.476. The van der Waals surface area contributed by atoms with Crippen LogP contribution in [0.1, 0.15) is 17.5 Å². The zero-order valence-corrected chi connectivity index (χ0v) is 18.1. The number of piperazine rings is 1. The number of H-pyrrole nitrogens is 1.